The maximum Gasteiger partial charge on any atom is 0.416 e. The zero-order valence-electron chi connectivity index (χ0n) is 16.3. The number of nitrogens with one attached hydrogen (secondary N) is 2. The van der Waals surface area contributed by atoms with Crippen molar-refractivity contribution in [3.63, 3.8) is 0 Å². The second-order valence-corrected chi connectivity index (χ2v) is 6.39. The number of benzene rings is 1. The molecule has 2 rings (SSSR count). The van der Waals surface area contributed by atoms with Crippen LogP contribution < -0.4 is 10.6 Å². The average Bonchev–Trinajstić information content (AvgIpc) is 2.95. The Labute approximate surface area is 180 Å². The maximum absolute atomic E-state index is 12.8. The highest BCUT2D eigenvalue weighted by atomic mass is 127. The Morgan fingerprint density at radius 1 is 1.25 bits per heavy atom. The smallest absolute Gasteiger partial charge is 0.356 e. The van der Waals surface area contributed by atoms with Crippen LogP contribution in [0.2, 0.25) is 0 Å². The molecule has 1 atom stereocenters. The second kappa shape index (κ2) is 10.6. The Balaban J connectivity index is 0.00000392. The summed E-state index contributed by atoms with van der Waals surface area (Å²) < 4.78 is 40.4. The van der Waals surface area contributed by atoms with Gasteiger partial charge in [-0.15, -0.1) is 34.2 Å². The molecule has 1 aromatic carbocycles. The van der Waals surface area contributed by atoms with Gasteiger partial charge in [0.15, 0.2) is 11.8 Å². The number of aromatic nitrogens is 3. The van der Waals surface area contributed by atoms with E-state index in [0.29, 0.717) is 31.0 Å². The molecule has 2 aromatic rings. The molecule has 0 saturated heterocycles. The maximum atomic E-state index is 12.8. The Hall–Kier alpha value is -1.85. The lowest BCUT2D eigenvalue weighted by Gasteiger charge is -2.16. The Morgan fingerprint density at radius 3 is 2.54 bits per heavy atom. The second-order valence-electron chi connectivity index (χ2n) is 6.39. The molecule has 2 N–H and O–H groups in total. The summed E-state index contributed by atoms with van der Waals surface area (Å²) in [6.07, 6.45) is -3.65. The molecule has 1 heterocycles. The SMILES string of the molecule is CN=C(NCCC(C)c1cccc(C(F)(F)F)c1)NCc1nnc(C)n1C.I. The first-order chi connectivity index (χ1) is 12.7. The van der Waals surface area contributed by atoms with Gasteiger partial charge in [-0.25, -0.2) is 0 Å². The van der Waals surface area contributed by atoms with Gasteiger partial charge in [-0.05, 0) is 30.9 Å². The monoisotopic (exact) mass is 510 g/mol. The van der Waals surface area contributed by atoms with Crippen LogP contribution in [0.4, 0.5) is 13.2 Å². The average molecular weight is 510 g/mol. The van der Waals surface area contributed by atoms with E-state index in [1.165, 1.54) is 12.1 Å². The number of rotatable bonds is 6. The molecule has 0 aliphatic rings. The molecule has 0 saturated carbocycles. The van der Waals surface area contributed by atoms with Gasteiger partial charge in [0, 0.05) is 20.6 Å². The third-order valence-corrected chi connectivity index (χ3v) is 4.47. The summed E-state index contributed by atoms with van der Waals surface area (Å²) in [6.45, 7) is 4.84. The fraction of sp³-hybridized carbons (Fsp3) is 0.500. The predicted octanol–water partition coefficient (Wildman–Crippen LogP) is 3.62. The van der Waals surface area contributed by atoms with E-state index in [2.05, 4.69) is 25.8 Å². The van der Waals surface area contributed by atoms with Gasteiger partial charge in [0.2, 0.25) is 0 Å². The quantitative estimate of drug-likeness (QED) is 0.354. The summed E-state index contributed by atoms with van der Waals surface area (Å²) in [5.41, 5.74) is 0.0559. The lowest BCUT2D eigenvalue weighted by atomic mass is 9.96. The van der Waals surface area contributed by atoms with Gasteiger partial charge in [-0.3, -0.25) is 4.99 Å². The molecule has 0 amide bonds. The minimum Gasteiger partial charge on any atom is -0.356 e. The van der Waals surface area contributed by atoms with Gasteiger partial charge < -0.3 is 15.2 Å². The number of nitrogens with zero attached hydrogens (tertiary/aromatic N) is 4. The van der Waals surface area contributed by atoms with Crippen LogP contribution in [0.5, 0.6) is 0 Å². The van der Waals surface area contributed by atoms with E-state index >= 15 is 0 Å². The predicted molar refractivity (Wildman–Crippen MR) is 114 cm³/mol. The van der Waals surface area contributed by atoms with Crippen LogP contribution in [0.25, 0.3) is 0 Å². The van der Waals surface area contributed by atoms with Crippen molar-refractivity contribution >= 4 is 29.9 Å². The zero-order chi connectivity index (χ0) is 20.0. The lowest BCUT2D eigenvalue weighted by Crippen LogP contribution is -2.38. The van der Waals surface area contributed by atoms with Crippen molar-refractivity contribution in [1.82, 2.24) is 25.4 Å². The van der Waals surface area contributed by atoms with Gasteiger partial charge in [0.1, 0.15) is 5.82 Å². The minimum atomic E-state index is -4.32. The first-order valence-electron chi connectivity index (χ1n) is 8.69. The molecule has 156 valence electrons. The van der Waals surface area contributed by atoms with Crippen molar-refractivity contribution in [3.05, 3.63) is 47.0 Å². The van der Waals surface area contributed by atoms with E-state index in [-0.39, 0.29) is 29.9 Å². The Morgan fingerprint density at radius 2 is 1.96 bits per heavy atom. The van der Waals surface area contributed by atoms with Crippen LogP contribution in [-0.4, -0.2) is 34.3 Å². The minimum absolute atomic E-state index is 0. The molecule has 0 spiro atoms. The van der Waals surface area contributed by atoms with Crippen LogP contribution in [0.3, 0.4) is 0 Å². The number of aliphatic imine (C=N–C) groups is 1. The fourth-order valence-electron chi connectivity index (χ4n) is 2.58. The summed E-state index contributed by atoms with van der Waals surface area (Å²) in [4.78, 5) is 4.14. The zero-order valence-corrected chi connectivity index (χ0v) is 18.7. The van der Waals surface area contributed by atoms with Crippen molar-refractivity contribution < 1.29 is 13.2 Å². The third kappa shape index (κ3) is 6.64. The van der Waals surface area contributed by atoms with Crippen LogP contribution in [-0.2, 0) is 19.8 Å². The van der Waals surface area contributed by atoms with Crippen LogP contribution in [0.1, 0.15) is 42.0 Å². The van der Waals surface area contributed by atoms with E-state index in [1.54, 1.807) is 13.1 Å². The molecule has 0 fully saturated rings. The molecule has 1 aromatic heterocycles. The molecule has 1 unspecified atom stereocenters. The molecule has 10 heteroatoms. The van der Waals surface area contributed by atoms with Crippen molar-refractivity contribution in [3.8, 4) is 0 Å². The number of halogens is 4. The summed E-state index contributed by atoms with van der Waals surface area (Å²) in [5, 5.41) is 14.4. The highest BCUT2D eigenvalue weighted by Crippen LogP contribution is 2.31. The van der Waals surface area contributed by atoms with Crippen molar-refractivity contribution in [2.24, 2.45) is 12.0 Å². The number of alkyl halides is 3. The highest BCUT2D eigenvalue weighted by Gasteiger charge is 2.30. The van der Waals surface area contributed by atoms with Crippen LogP contribution in [0, 0.1) is 6.92 Å². The van der Waals surface area contributed by atoms with E-state index in [4.69, 9.17) is 0 Å². The summed E-state index contributed by atoms with van der Waals surface area (Å²) >= 11 is 0. The first kappa shape index (κ1) is 24.2. The van der Waals surface area contributed by atoms with Gasteiger partial charge in [-0.2, -0.15) is 13.2 Å². The van der Waals surface area contributed by atoms with E-state index in [0.717, 1.165) is 17.7 Å². The fourth-order valence-corrected chi connectivity index (χ4v) is 2.58. The van der Waals surface area contributed by atoms with Gasteiger partial charge >= 0.3 is 6.18 Å². The molecule has 0 aliphatic heterocycles. The molecule has 0 bridgehead atoms. The van der Waals surface area contributed by atoms with Gasteiger partial charge in [-0.1, -0.05) is 25.1 Å². The van der Waals surface area contributed by atoms with Crippen molar-refractivity contribution in [2.75, 3.05) is 13.6 Å². The van der Waals surface area contributed by atoms with Crippen LogP contribution >= 0.6 is 24.0 Å². The van der Waals surface area contributed by atoms with E-state index in [1.807, 2.05) is 25.5 Å². The molecule has 28 heavy (non-hydrogen) atoms. The topological polar surface area (TPSA) is 67.1 Å². The molecule has 0 radical (unpaired) electrons. The molecular formula is C18H26F3IN6. The normalized spacial score (nSPS) is 13.0. The lowest BCUT2D eigenvalue weighted by molar-refractivity contribution is -0.137. The first-order valence-corrected chi connectivity index (χ1v) is 8.69. The summed E-state index contributed by atoms with van der Waals surface area (Å²) in [5.74, 6) is 2.20. The largest absolute Gasteiger partial charge is 0.416 e. The van der Waals surface area contributed by atoms with Crippen molar-refractivity contribution in [1.29, 1.82) is 0 Å². The number of hydrogen-bond acceptors (Lipinski definition) is 3. The number of aryl methyl sites for hydroxylation is 1. The van der Waals surface area contributed by atoms with Gasteiger partial charge in [0.25, 0.3) is 0 Å². The van der Waals surface area contributed by atoms with Crippen molar-refractivity contribution in [2.45, 2.75) is 38.9 Å². The Bertz CT molecular complexity index is 788. The molecular weight excluding hydrogens is 484 g/mol. The summed E-state index contributed by atoms with van der Waals surface area (Å²) in [6, 6.07) is 5.48. The van der Waals surface area contributed by atoms with Crippen LogP contribution in [0.15, 0.2) is 29.3 Å². The molecule has 0 aliphatic carbocycles. The number of hydrogen-bond donors (Lipinski definition) is 2. The van der Waals surface area contributed by atoms with E-state index < -0.39 is 11.7 Å². The third-order valence-electron chi connectivity index (χ3n) is 4.47. The summed E-state index contributed by atoms with van der Waals surface area (Å²) in [7, 11) is 3.55. The Kier molecular flexibility index (Phi) is 9.18. The van der Waals surface area contributed by atoms with E-state index in [9.17, 15) is 13.2 Å². The number of guanidine groups is 1. The van der Waals surface area contributed by atoms with Gasteiger partial charge in [0.05, 0.1) is 12.1 Å². The molecule has 6 nitrogen and oxygen atoms in total. The highest BCUT2D eigenvalue weighted by molar-refractivity contribution is 14.0. The standard InChI is InChI=1S/C18H25F3N6.HI/c1-12(14-6-5-7-15(10-14)18(19,20)21)8-9-23-17(22-3)24-11-16-26-25-13(2)27(16)4;/h5-7,10,12H,8-9,11H2,1-4H3,(H2,22,23,24);1H.